The predicted molar refractivity (Wildman–Crippen MR) is 47.9 cm³/mol. The molecule has 0 aliphatic heterocycles. The number of hydrogen-bond donors (Lipinski definition) is 1. The monoisotopic (exact) mass is 168 g/mol. The highest BCUT2D eigenvalue weighted by Gasteiger charge is 2.03. The Morgan fingerprint density at radius 2 is 2.42 bits per heavy atom. The third-order valence-electron chi connectivity index (χ3n) is 1.74. The first kappa shape index (κ1) is 9.26. The van der Waals surface area contributed by atoms with Crippen molar-refractivity contribution in [2.75, 3.05) is 0 Å². The Labute approximate surface area is 73.1 Å². The molecule has 0 amide bonds. The van der Waals surface area contributed by atoms with Crippen molar-refractivity contribution in [2.24, 2.45) is 0 Å². The molecule has 1 N–H and O–H groups in total. The summed E-state index contributed by atoms with van der Waals surface area (Å²) < 4.78 is 2.01. The zero-order chi connectivity index (χ0) is 8.97. The number of aryl methyl sites for hydroxylation is 1. The number of imidazole rings is 1. The molecule has 0 aliphatic carbocycles. The first-order valence-corrected chi connectivity index (χ1v) is 4.42. The van der Waals surface area contributed by atoms with Crippen molar-refractivity contribution in [1.82, 2.24) is 9.55 Å². The van der Waals surface area contributed by atoms with Gasteiger partial charge in [-0.25, -0.2) is 4.98 Å². The van der Waals surface area contributed by atoms with Crippen LogP contribution in [0.1, 0.15) is 26.1 Å². The van der Waals surface area contributed by atoms with Crippen LogP contribution < -0.4 is 0 Å². The van der Waals surface area contributed by atoms with Crippen LogP contribution in [0.25, 0.3) is 0 Å². The lowest BCUT2D eigenvalue weighted by molar-refractivity contribution is 0.172. The first-order valence-electron chi connectivity index (χ1n) is 4.42. The Kier molecular flexibility index (Phi) is 3.29. The Morgan fingerprint density at radius 3 is 3.00 bits per heavy atom. The van der Waals surface area contributed by atoms with Gasteiger partial charge in [-0.1, -0.05) is 6.92 Å². The van der Waals surface area contributed by atoms with Crippen LogP contribution in [-0.2, 0) is 13.0 Å². The van der Waals surface area contributed by atoms with Crippen LogP contribution in [0.4, 0.5) is 0 Å². The molecule has 68 valence electrons. The second-order valence-corrected chi connectivity index (χ2v) is 3.09. The summed E-state index contributed by atoms with van der Waals surface area (Å²) in [7, 11) is 0. The predicted octanol–water partition coefficient (Wildman–Crippen LogP) is 1.22. The normalized spacial score (nSPS) is 13.2. The molecule has 0 spiro atoms. The van der Waals surface area contributed by atoms with Crippen molar-refractivity contribution in [3.8, 4) is 0 Å². The van der Waals surface area contributed by atoms with Crippen molar-refractivity contribution >= 4 is 0 Å². The van der Waals surface area contributed by atoms with Gasteiger partial charge in [-0.15, -0.1) is 0 Å². The molecular formula is C9H16N2O. The molecule has 0 saturated heterocycles. The second-order valence-electron chi connectivity index (χ2n) is 3.09. The van der Waals surface area contributed by atoms with Crippen LogP contribution >= 0.6 is 0 Å². The summed E-state index contributed by atoms with van der Waals surface area (Å²) >= 11 is 0. The van der Waals surface area contributed by atoms with E-state index in [1.165, 1.54) is 0 Å². The third-order valence-corrected chi connectivity index (χ3v) is 1.74. The Hall–Kier alpha value is -0.830. The highest BCUT2D eigenvalue weighted by molar-refractivity contribution is 4.92. The molecule has 1 atom stereocenters. The van der Waals surface area contributed by atoms with E-state index in [0.29, 0.717) is 6.54 Å². The van der Waals surface area contributed by atoms with Crippen LogP contribution in [0, 0.1) is 0 Å². The van der Waals surface area contributed by atoms with Crippen molar-refractivity contribution in [3.63, 3.8) is 0 Å². The molecular weight excluding hydrogens is 152 g/mol. The lowest BCUT2D eigenvalue weighted by Crippen LogP contribution is -2.13. The molecule has 1 unspecified atom stereocenters. The molecule has 0 aliphatic rings. The van der Waals surface area contributed by atoms with Crippen molar-refractivity contribution in [2.45, 2.75) is 39.3 Å². The van der Waals surface area contributed by atoms with E-state index >= 15 is 0 Å². The highest BCUT2D eigenvalue weighted by atomic mass is 16.3. The van der Waals surface area contributed by atoms with Crippen LogP contribution in [0.3, 0.4) is 0 Å². The summed E-state index contributed by atoms with van der Waals surface area (Å²) in [5.74, 6) is 1.07. The number of aromatic nitrogens is 2. The van der Waals surface area contributed by atoms with Gasteiger partial charge in [0.2, 0.25) is 0 Å². The van der Waals surface area contributed by atoms with Gasteiger partial charge < -0.3 is 9.67 Å². The zero-order valence-corrected chi connectivity index (χ0v) is 7.70. The maximum Gasteiger partial charge on any atom is 0.108 e. The van der Waals surface area contributed by atoms with Crippen molar-refractivity contribution in [3.05, 3.63) is 18.2 Å². The van der Waals surface area contributed by atoms with Crippen molar-refractivity contribution in [1.29, 1.82) is 0 Å². The minimum atomic E-state index is -0.296. The second kappa shape index (κ2) is 4.26. The molecule has 1 aromatic rings. The minimum Gasteiger partial charge on any atom is -0.392 e. The zero-order valence-electron chi connectivity index (χ0n) is 7.70. The summed E-state index contributed by atoms with van der Waals surface area (Å²) in [5.41, 5.74) is 0. The summed E-state index contributed by atoms with van der Waals surface area (Å²) in [6.07, 6.45) is 5.48. The molecule has 1 heterocycles. The average molecular weight is 168 g/mol. The lowest BCUT2D eigenvalue weighted by atomic mass is 10.3. The number of aliphatic hydroxyl groups is 1. The molecule has 0 radical (unpaired) electrons. The van der Waals surface area contributed by atoms with Gasteiger partial charge in [-0.3, -0.25) is 0 Å². The number of hydrogen-bond acceptors (Lipinski definition) is 2. The van der Waals surface area contributed by atoms with E-state index in [1.807, 2.05) is 10.8 Å². The largest absolute Gasteiger partial charge is 0.392 e. The van der Waals surface area contributed by atoms with Gasteiger partial charge in [0.25, 0.3) is 0 Å². The summed E-state index contributed by atoms with van der Waals surface area (Å²) in [5, 5.41) is 9.17. The van der Waals surface area contributed by atoms with Gasteiger partial charge in [-0.05, 0) is 13.3 Å². The molecule has 0 fully saturated rings. The average Bonchev–Trinajstić information content (AvgIpc) is 2.37. The van der Waals surface area contributed by atoms with Crippen LogP contribution in [0.5, 0.6) is 0 Å². The van der Waals surface area contributed by atoms with Gasteiger partial charge in [0.1, 0.15) is 5.82 Å². The topological polar surface area (TPSA) is 38.0 Å². The fourth-order valence-electron chi connectivity index (χ4n) is 1.24. The standard InChI is InChI=1S/C9H16N2O/c1-3-4-9-10-5-6-11(9)7-8(2)12/h5-6,8,12H,3-4,7H2,1-2H3. The molecule has 1 rings (SSSR count). The van der Waals surface area contributed by atoms with Crippen LogP contribution in [-0.4, -0.2) is 20.8 Å². The van der Waals surface area contributed by atoms with E-state index in [1.54, 1.807) is 13.1 Å². The quantitative estimate of drug-likeness (QED) is 0.734. The van der Waals surface area contributed by atoms with Gasteiger partial charge in [0.15, 0.2) is 0 Å². The Bertz CT molecular complexity index is 230. The summed E-state index contributed by atoms with van der Waals surface area (Å²) in [4.78, 5) is 4.21. The smallest absolute Gasteiger partial charge is 0.108 e. The van der Waals surface area contributed by atoms with Crippen LogP contribution in [0.2, 0.25) is 0 Å². The Balaban J connectivity index is 2.63. The maximum atomic E-state index is 9.17. The van der Waals surface area contributed by atoms with E-state index in [9.17, 15) is 0 Å². The number of nitrogens with zero attached hydrogens (tertiary/aromatic N) is 2. The molecule has 0 saturated carbocycles. The molecule has 1 aromatic heterocycles. The molecule has 12 heavy (non-hydrogen) atoms. The van der Waals surface area contributed by atoms with Gasteiger partial charge in [-0.2, -0.15) is 0 Å². The van der Waals surface area contributed by atoms with Gasteiger partial charge in [0.05, 0.1) is 6.10 Å². The first-order chi connectivity index (χ1) is 5.74. The lowest BCUT2D eigenvalue weighted by Gasteiger charge is -2.08. The molecule has 0 aromatic carbocycles. The van der Waals surface area contributed by atoms with E-state index in [2.05, 4.69) is 11.9 Å². The highest BCUT2D eigenvalue weighted by Crippen LogP contribution is 2.02. The minimum absolute atomic E-state index is 0.296. The van der Waals surface area contributed by atoms with Crippen LogP contribution in [0.15, 0.2) is 12.4 Å². The van der Waals surface area contributed by atoms with E-state index < -0.39 is 0 Å². The van der Waals surface area contributed by atoms with Gasteiger partial charge in [0, 0.05) is 25.4 Å². The SMILES string of the molecule is CCCc1nccn1CC(C)O. The molecule has 3 heteroatoms. The Morgan fingerprint density at radius 1 is 1.67 bits per heavy atom. The summed E-state index contributed by atoms with van der Waals surface area (Å²) in [6, 6.07) is 0. The fourth-order valence-corrected chi connectivity index (χ4v) is 1.24. The fraction of sp³-hybridized carbons (Fsp3) is 0.667. The number of rotatable bonds is 4. The molecule has 3 nitrogen and oxygen atoms in total. The number of aliphatic hydroxyl groups excluding tert-OH is 1. The van der Waals surface area contributed by atoms with E-state index in [0.717, 1.165) is 18.7 Å². The summed E-state index contributed by atoms with van der Waals surface area (Å²) in [6.45, 7) is 4.56. The van der Waals surface area contributed by atoms with E-state index in [-0.39, 0.29) is 6.10 Å². The van der Waals surface area contributed by atoms with Gasteiger partial charge >= 0.3 is 0 Å². The molecule has 0 bridgehead atoms. The third kappa shape index (κ3) is 2.34. The van der Waals surface area contributed by atoms with Crippen molar-refractivity contribution < 1.29 is 5.11 Å². The van der Waals surface area contributed by atoms with E-state index in [4.69, 9.17) is 5.11 Å². The maximum absolute atomic E-state index is 9.17.